The molecule has 2 N–H and O–H groups in total. The summed E-state index contributed by atoms with van der Waals surface area (Å²) in [6.45, 7) is 4.17. The van der Waals surface area contributed by atoms with Crippen LogP contribution >= 0.6 is 0 Å². The van der Waals surface area contributed by atoms with Crippen molar-refractivity contribution in [2.24, 2.45) is 17.6 Å². The van der Waals surface area contributed by atoms with E-state index < -0.39 is 0 Å². The van der Waals surface area contributed by atoms with Crippen LogP contribution in [0.3, 0.4) is 0 Å². The van der Waals surface area contributed by atoms with Gasteiger partial charge in [0.05, 0.1) is 0 Å². The van der Waals surface area contributed by atoms with Gasteiger partial charge in [-0.25, -0.2) is 0 Å². The van der Waals surface area contributed by atoms with Crippen molar-refractivity contribution < 1.29 is 4.74 Å². The van der Waals surface area contributed by atoms with Crippen LogP contribution in [-0.2, 0) is 4.74 Å². The van der Waals surface area contributed by atoms with Crippen LogP contribution in [0.4, 0.5) is 0 Å². The van der Waals surface area contributed by atoms with Gasteiger partial charge in [-0.3, -0.25) is 0 Å². The van der Waals surface area contributed by atoms with E-state index in [0.29, 0.717) is 0 Å². The maximum atomic E-state index is 6.60. The Morgan fingerprint density at radius 3 is 2.27 bits per heavy atom. The van der Waals surface area contributed by atoms with Crippen molar-refractivity contribution in [2.75, 3.05) is 13.2 Å². The van der Waals surface area contributed by atoms with Crippen molar-refractivity contribution in [2.45, 2.75) is 57.4 Å². The van der Waals surface area contributed by atoms with Gasteiger partial charge in [-0.1, -0.05) is 13.3 Å². The van der Waals surface area contributed by atoms with Gasteiger partial charge in [-0.2, -0.15) is 0 Å². The van der Waals surface area contributed by atoms with Gasteiger partial charge < -0.3 is 10.5 Å². The first-order valence-electron chi connectivity index (χ1n) is 6.61. The molecule has 0 amide bonds. The zero-order valence-corrected chi connectivity index (χ0v) is 10.0. The molecule has 0 spiro atoms. The van der Waals surface area contributed by atoms with Gasteiger partial charge >= 0.3 is 0 Å². The van der Waals surface area contributed by atoms with Crippen molar-refractivity contribution in [3.63, 3.8) is 0 Å². The first kappa shape index (κ1) is 11.4. The summed E-state index contributed by atoms with van der Waals surface area (Å²) in [4.78, 5) is 0. The molecule has 1 saturated heterocycles. The number of rotatable bonds is 2. The van der Waals surface area contributed by atoms with Crippen molar-refractivity contribution >= 4 is 0 Å². The van der Waals surface area contributed by atoms with E-state index in [4.69, 9.17) is 10.5 Å². The van der Waals surface area contributed by atoms with E-state index in [-0.39, 0.29) is 5.54 Å². The highest BCUT2D eigenvalue weighted by molar-refractivity contribution is 4.95. The third-order valence-electron chi connectivity index (χ3n) is 4.65. The maximum Gasteiger partial charge on any atom is 0.0469 e. The summed E-state index contributed by atoms with van der Waals surface area (Å²) in [5, 5.41) is 0. The van der Waals surface area contributed by atoms with E-state index in [1.807, 2.05) is 0 Å². The molecule has 0 aromatic carbocycles. The summed E-state index contributed by atoms with van der Waals surface area (Å²) >= 11 is 0. The highest BCUT2D eigenvalue weighted by atomic mass is 16.5. The van der Waals surface area contributed by atoms with Crippen LogP contribution in [0.25, 0.3) is 0 Å². The van der Waals surface area contributed by atoms with Gasteiger partial charge in [0.2, 0.25) is 0 Å². The van der Waals surface area contributed by atoms with Gasteiger partial charge in [0, 0.05) is 18.8 Å². The molecule has 1 saturated carbocycles. The van der Waals surface area contributed by atoms with Crippen LogP contribution in [0.15, 0.2) is 0 Å². The molecule has 0 unspecified atom stereocenters. The Balaban J connectivity index is 1.89. The molecule has 0 radical (unpaired) electrons. The molecule has 2 nitrogen and oxygen atoms in total. The van der Waals surface area contributed by atoms with Crippen LogP contribution in [0.1, 0.15) is 51.9 Å². The lowest BCUT2D eigenvalue weighted by Gasteiger charge is -2.44. The first-order chi connectivity index (χ1) is 7.24. The van der Waals surface area contributed by atoms with E-state index in [1.54, 1.807) is 0 Å². The molecule has 1 aliphatic heterocycles. The van der Waals surface area contributed by atoms with Crippen molar-refractivity contribution in [3.05, 3.63) is 0 Å². The molecule has 2 rings (SSSR count). The summed E-state index contributed by atoms with van der Waals surface area (Å²) in [5.74, 6) is 1.67. The Labute approximate surface area is 93.6 Å². The van der Waals surface area contributed by atoms with E-state index >= 15 is 0 Å². The molecule has 2 fully saturated rings. The highest BCUT2D eigenvalue weighted by Crippen LogP contribution is 2.39. The lowest BCUT2D eigenvalue weighted by atomic mass is 9.67. The third-order valence-corrected chi connectivity index (χ3v) is 4.65. The number of nitrogens with two attached hydrogens (primary N) is 1. The van der Waals surface area contributed by atoms with Crippen molar-refractivity contribution in [1.82, 2.24) is 0 Å². The fourth-order valence-corrected chi connectivity index (χ4v) is 3.30. The lowest BCUT2D eigenvalue weighted by molar-refractivity contribution is 0.0235. The van der Waals surface area contributed by atoms with Crippen LogP contribution < -0.4 is 5.73 Å². The lowest BCUT2D eigenvalue weighted by Crippen LogP contribution is -2.51. The Hall–Kier alpha value is -0.0800. The van der Waals surface area contributed by atoms with Gasteiger partial charge in [0.15, 0.2) is 0 Å². The van der Waals surface area contributed by atoms with E-state index in [1.165, 1.54) is 44.9 Å². The van der Waals surface area contributed by atoms with Gasteiger partial charge in [-0.05, 0) is 50.4 Å². The summed E-state index contributed by atoms with van der Waals surface area (Å²) in [6, 6.07) is 0. The zero-order valence-electron chi connectivity index (χ0n) is 10.0. The van der Waals surface area contributed by atoms with Crippen LogP contribution in [0.2, 0.25) is 0 Å². The van der Waals surface area contributed by atoms with Gasteiger partial charge in [0.1, 0.15) is 0 Å². The first-order valence-corrected chi connectivity index (χ1v) is 6.61. The Morgan fingerprint density at radius 2 is 1.73 bits per heavy atom. The molecule has 2 heteroatoms. The van der Waals surface area contributed by atoms with Crippen LogP contribution in [0.5, 0.6) is 0 Å². The zero-order chi connectivity index (χ0) is 10.7. The fraction of sp³-hybridized carbons (Fsp3) is 1.00. The molecular formula is C13H25NO. The normalized spacial score (nSPS) is 39.2. The Kier molecular flexibility index (Phi) is 3.68. The van der Waals surface area contributed by atoms with Crippen LogP contribution in [-0.4, -0.2) is 18.8 Å². The molecule has 15 heavy (non-hydrogen) atoms. The average molecular weight is 211 g/mol. The summed E-state index contributed by atoms with van der Waals surface area (Å²) in [7, 11) is 0. The SMILES string of the molecule is CCC1CCC(N)(C2CCOCC2)CC1. The van der Waals surface area contributed by atoms with Gasteiger partial charge in [0.25, 0.3) is 0 Å². The van der Waals surface area contributed by atoms with E-state index in [9.17, 15) is 0 Å². The van der Waals surface area contributed by atoms with E-state index in [0.717, 1.165) is 25.0 Å². The minimum absolute atomic E-state index is 0.148. The van der Waals surface area contributed by atoms with Gasteiger partial charge in [-0.15, -0.1) is 0 Å². The second kappa shape index (κ2) is 4.84. The third kappa shape index (κ3) is 2.54. The minimum atomic E-state index is 0.148. The maximum absolute atomic E-state index is 6.60. The highest BCUT2D eigenvalue weighted by Gasteiger charge is 2.38. The monoisotopic (exact) mass is 211 g/mol. The quantitative estimate of drug-likeness (QED) is 0.762. The van der Waals surface area contributed by atoms with Crippen molar-refractivity contribution in [1.29, 1.82) is 0 Å². The fourth-order valence-electron chi connectivity index (χ4n) is 3.30. The average Bonchev–Trinajstić information content (AvgIpc) is 2.31. The predicted octanol–water partition coefficient (Wildman–Crippen LogP) is 2.71. The summed E-state index contributed by atoms with van der Waals surface area (Å²) in [6.07, 6.45) is 8.91. The Bertz CT molecular complexity index is 191. The summed E-state index contributed by atoms with van der Waals surface area (Å²) in [5.41, 5.74) is 6.74. The molecule has 0 bridgehead atoms. The Morgan fingerprint density at radius 1 is 1.13 bits per heavy atom. The number of hydrogen-bond donors (Lipinski definition) is 1. The standard InChI is InChI=1S/C13H25NO/c1-2-11-3-7-13(14,8-4-11)12-5-9-15-10-6-12/h11-12H,2-10,14H2,1H3. The number of hydrogen-bond acceptors (Lipinski definition) is 2. The van der Waals surface area contributed by atoms with Crippen molar-refractivity contribution in [3.8, 4) is 0 Å². The molecular weight excluding hydrogens is 186 g/mol. The summed E-state index contributed by atoms with van der Waals surface area (Å²) < 4.78 is 5.42. The second-order valence-corrected chi connectivity index (χ2v) is 5.47. The molecule has 0 aromatic rings. The minimum Gasteiger partial charge on any atom is -0.381 e. The molecule has 0 atom stereocenters. The smallest absolute Gasteiger partial charge is 0.0469 e. The second-order valence-electron chi connectivity index (χ2n) is 5.47. The topological polar surface area (TPSA) is 35.2 Å². The van der Waals surface area contributed by atoms with Crippen LogP contribution in [0, 0.1) is 11.8 Å². The largest absolute Gasteiger partial charge is 0.381 e. The molecule has 2 aliphatic rings. The molecule has 0 aromatic heterocycles. The van der Waals surface area contributed by atoms with E-state index in [2.05, 4.69) is 6.92 Å². The molecule has 1 aliphatic carbocycles. The predicted molar refractivity (Wildman–Crippen MR) is 62.7 cm³/mol. The molecule has 1 heterocycles. The molecule has 88 valence electrons. The number of ether oxygens (including phenoxy) is 1.